The van der Waals surface area contributed by atoms with Crippen LogP contribution in [0.3, 0.4) is 0 Å². The summed E-state index contributed by atoms with van der Waals surface area (Å²) in [5, 5.41) is 8.31. The van der Waals surface area contributed by atoms with E-state index in [9.17, 15) is 22.4 Å². The van der Waals surface area contributed by atoms with Gasteiger partial charge in [0, 0.05) is 6.07 Å². The number of rotatable bonds is 4. The van der Waals surface area contributed by atoms with Gasteiger partial charge in [-0.3, -0.25) is 4.79 Å². The van der Waals surface area contributed by atoms with Gasteiger partial charge in [-0.2, -0.15) is 0 Å². The van der Waals surface area contributed by atoms with Crippen LogP contribution in [0.2, 0.25) is 0 Å². The molecule has 1 aromatic rings. The van der Waals surface area contributed by atoms with E-state index in [0.29, 0.717) is 6.07 Å². The van der Waals surface area contributed by atoms with Crippen LogP contribution in [0.1, 0.15) is 12.0 Å². The van der Waals surface area contributed by atoms with Crippen molar-refractivity contribution in [2.24, 2.45) is 0 Å². The van der Waals surface area contributed by atoms with Crippen LogP contribution in [-0.4, -0.2) is 18.2 Å². The number of benzene rings is 1. The fraction of sp³-hybridized carbons (Fsp3) is 0.300. The van der Waals surface area contributed by atoms with Crippen molar-refractivity contribution < 1.29 is 32.2 Å². The second-order valence-electron chi connectivity index (χ2n) is 3.24. The molecule has 0 atom stereocenters. The van der Waals surface area contributed by atoms with E-state index in [1.54, 1.807) is 0 Å². The molecule has 0 spiro atoms. The Kier molecular flexibility index (Phi) is 3.59. The number of carboxylic acid groups (broad SMARTS) is 1. The molecule has 17 heavy (non-hydrogen) atoms. The molecule has 94 valence electrons. The Morgan fingerprint density at radius 1 is 1.35 bits per heavy atom. The van der Waals surface area contributed by atoms with E-state index in [2.05, 4.69) is 4.74 Å². The van der Waals surface area contributed by atoms with Gasteiger partial charge in [-0.05, 0) is 6.07 Å². The first-order valence-electron chi connectivity index (χ1n) is 4.41. The summed E-state index contributed by atoms with van der Waals surface area (Å²) in [6, 6.07) is 0.678. The van der Waals surface area contributed by atoms with Crippen LogP contribution >= 0.6 is 0 Å². The molecule has 0 aliphatic carbocycles. The van der Waals surface area contributed by atoms with Crippen molar-refractivity contribution in [2.45, 2.75) is 12.3 Å². The highest BCUT2D eigenvalue weighted by Crippen LogP contribution is 2.38. The van der Waals surface area contributed by atoms with Crippen molar-refractivity contribution in [1.29, 1.82) is 0 Å². The highest BCUT2D eigenvalue weighted by molar-refractivity contribution is 5.68. The molecule has 3 nitrogen and oxygen atoms in total. The molecule has 0 radical (unpaired) electrons. The number of carbonyl (C=O) groups is 1. The summed E-state index contributed by atoms with van der Waals surface area (Å²) in [6.07, 6.45) is -1.53. The number of carboxylic acids is 1. The van der Waals surface area contributed by atoms with E-state index < -0.39 is 41.3 Å². The Bertz CT molecular complexity index is 445. The second kappa shape index (κ2) is 4.60. The normalized spacial score (nSPS) is 11.4. The summed E-state index contributed by atoms with van der Waals surface area (Å²) < 4.78 is 56.9. The maximum atomic E-state index is 13.4. The van der Waals surface area contributed by atoms with Gasteiger partial charge in [0.25, 0.3) is 5.92 Å². The fourth-order valence-corrected chi connectivity index (χ4v) is 1.27. The minimum absolute atomic E-state index is 0.233. The van der Waals surface area contributed by atoms with Crippen molar-refractivity contribution >= 4 is 5.97 Å². The molecule has 1 N–H and O–H groups in total. The van der Waals surface area contributed by atoms with Gasteiger partial charge in [0.15, 0.2) is 11.6 Å². The van der Waals surface area contributed by atoms with Crippen LogP contribution in [0.5, 0.6) is 5.75 Å². The molecule has 0 fully saturated rings. The van der Waals surface area contributed by atoms with Crippen LogP contribution < -0.4 is 4.74 Å². The SMILES string of the molecule is COc1cc(F)c(F)cc1C(F)(F)CC(=O)O. The van der Waals surface area contributed by atoms with Crippen molar-refractivity contribution in [3.63, 3.8) is 0 Å². The Morgan fingerprint density at radius 2 is 1.88 bits per heavy atom. The smallest absolute Gasteiger partial charge is 0.309 e. The number of methoxy groups -OCH3 is 1. The lowest BCUT2D eigenvalue weighted by atomic mass is 10.0. The van der Waals surface area contributed by atoms with Gasteiger partial charge < -0.3 is 9.84 Å². The summed E-state index contributed by atoms with van der Waals surface area (Å²) in [6.45, 7) is 0. The summed E-state index contributed by atoms with van der Waals surface area (Å²) in [7, 11) is 0.993. The largest absolute Gasteiger partial charge is 0.496 e. The van der Waals surface area contributed by atoms with E-state index in [1.807, 2.05) is 0 Å². The van der Waals surface area contributed by atoms with Crippen molar-refractivity contribution in [2.75, 3.05) is 7.11 Å². The minimum atomic E-state index is -3.84. The third-order valence-electron chi connectivity index (χ3n) is 2.01. The molecule has 0 aliphatic rings. The molecule has 0 aromatic heterocycles. The Hall–Kier alpha value is -1.79. The van der Waals surface area contributed by atoms with E-state index in [1.165, 1.54) is 0 Å². The Labute approximate surface area is 93.6 Å². The number of ether oxygens (including phenoxy) is 1. The van der Waals surface area contributed by atoms with E-state index in [0.717, 1.165) is 7.11 Å². The topological polar surface area (TPSA) is 46.5 Å². The molecule has 1 aromatic carbocycles. The fourth-order valence-electron chi connectivity index (χ4n) is 1.27. The van der Waals surface area contributed by atoms with Crippen LogP contribution in [0.4, 0.5) is 17.6 Å². The molecule has 1 rings (SSSR count). The second-order valence-corrected chi connectivity index (χ2v) is 3.24. The summed E-state index contributed by atoms with van der Waals surface area (Å²) in [5.74, 6) is -9.05. The molecule has 0 saturated carbocycles. The minimum Gasteiger partial charge on any atom is -0.496 e. The number of alkyl halides is 2. The molecule has 7 heteroatoms. The molecule has 0 saturated heterocycles. The standard InChI is InChI=1S/C10H8F4O3/c1-17-8-3-7(12)6(11)2-5(8)10(13,14)4-9(15)16/h2-3H,4H2,1H3,(H,15,16). The first kappa shape index (κ1) is 13.3. The average molecular weight is 252 g/mol. The van der Waals surface area contributed by atoms with E-state index in [-0.39, 0.29) is 6.07 Å². The number of aliphatic carboxylic acids is 1. The summed E-state index contributed by atoms with van der Waals surface area (Å²) >= 11 is 0. The summed E-state index contributed by atoms with van der Waals surface area (Å²) in [4.78, 5) is 10.3. The van der Waals surface area contributed by atoms with Gasteiger partial charge in [-0.1, -0.05) is 0 Å². The van der Waals surface area contributed by atoms with Gasteiger partial charge in [0.05, 0.1) is 12.7 Å². The first-order chi connectivity index (χ1) is 7.77. The number of hydrogen-bond donors (Lipinski definition) is 1. The van der Waals surface area contributed by atoms with Crippen LogP contribution in [0.25, 0.3) is 0 Å². The van der Waals surface area contributed by atoms with Gasteiger partial charge >= 0.3 is 5.97 Å². The molecular weight excluding hydrogens is 244 g/mol. The first-order valence-corrected chi connectivity index (χ1v) is 4.41. The lowest BCUT2D eigenvalue weighted by Crippen LogP contribution is -2.20. The van der Waals surface area contributed by atoms with Gasteiger partial charge in [-0.25, -0.2) is 17.6 Å². The Balaban J connectivity index is 3.28. The van der Waals surface area contributed by atoms with Crippen molar-refractivity contribution in [3.8, 4) is 5.75 Å². The Morgan fingerprint density at radius 3 is 2.35 bits per heavy atom. The molecular formula is C10H8F4O3. The monoisotopic (exact) mass is 252 g/mol. The highest BCUT2D eigenvalue weighted by Gasteiger charge is 2.38. The number of hydrogen-bond acceptors (Lipinski definition) is 2. The van der Waals surface area contributed by atoms with Gasteiger partial charge in [0.1, 0.15) is 12.2 Å². The quantitative estimate of drug-likeness (QED) is 0.837. The van der Waals surface area contributed by atoms with E-state index >= 15 is 0 Å². The zero-order valence-corrected chi connectivity index (χ0v) is 8.64. The van der Waals surface area contributed by atoms with Crippen molar-refractivity contribution in [1.82, 2.24) is 0 Å². The zero-order valence-electron chi connectivity index (χ0n) is 8.64. The third kappa shape index (κ3) is 2.86. The van der Waals surface area contributed by atoms with Crippen LogP contribution in [0, 0.1) is 11.6 Å². The average Bonchev–Trinajstić information content (AvgIpc) is 2.19. The maximum absolute atomic E-state index is 13.4. The predicted molar refractivity (Wildman–Crippen MR) is 49.1 cm³/mol. The molecule has 0 amide bonds. The lowest BCUT2D eigenvalue weighted by molar-refractivity contribution is -0.145. The molecule has 0 aliphatic heterocycles. The molecule has 0 unspecified atom stereocenters. The third-order valence-corrected chi connectivity index (χ3v) is 2.01. The van der Waals surface area contributed by atoms with E-state index in [4.69, 9.17) is 5.11 Å². The number of halogens is 4. The maximum Gasteiger partial charge on any atom is 0.309 e. The summed E-state index contributed by atoms with van der Waals surface area (Å²) in [5.41, 5.74) is -0.999. The highest BCUT2D eigenvalue weighted by atomic mass is 19.3. The van der Waals surface area contributed by atoms with Gasteiger partial charge in [0.2, 0.25) is 0 Å². The predicted octanol–water partition coefficient (Wildman–Crippen LogP) is 2.54. The molecule has 0 heterocycles. The van der Waals surface area contributed by atoms with Crippen LogP contribution in [-0.2, 0) is 10.7 Å². The van der Waals surface area contributed by atoms with Crippen LogP contribution in [0.15, 0.2) is 12.1 Å². The lowest BCUT2D eigenvalue weighted by Gasteiger charge is -2.17. The zero-order chi connectivity index (χ0) is 13.2. The molecule has 0 bridgehead atoms. The van der Waals surface area contributed by atoms with Crippen molar-refractivity contribution in [3.05, 3.63) is 29.3 Å². The van der Waals surface area contributed by atoms with Gasteiger partial charge in [-0.15, -0.1) is 0 Å².